The van der Waals surface area contributed by atoms with Crippen LogP contribution in [0.2, 0.25) is 0 Å². The summed E-state index contributed by atoms with van der Waals surface area (Å²) in [5.74, 6) is 1.89. The summed E-state index contributed by atoms with van der Waals surface area (Å²) >= 11 is 0. The van der Waals surface area contributed by atoms with Crippen molar-refractivity contribution in [1.82, 2.24) is 4.90 Å². The fraction of sp³-hybridized carbons (Fsp3) is 0.929. The molecule has 0 bridgehead atoms. The maximum Gasteiger partial charge on any atom is 0.225 e. The average molecular weight is 225 g/mol. The molecule has 2 nitrogen and oxygen atoms in total. The van der Waals surface area contributed by atoms with Gasteiger partial charge in [-0.25, -0.2) is 0 Å². The van der Waals surface area contributed by atoms with Gasteiger partial charge in [-0.3, -0.25) is 4.79 Å². The molecule has 1 aliphatic rings. The Labute approximate surface area is 100 Å². The van der Waals surface area contributed by atoms with E-state index in [1.54, 1.807) is 0 Å². The molecule has 1 saturated carbocycles. The van der Waals surface area contributed by atoms with E-state index in [1.165, 1.54) is 12.8 Å². The summed E-state index contributed by atoms with van der Waals surface area (Å²) in [5.41, 5.74) is 0. The van der Waals surface area contributed by atoms with Gasteiger partial charge in [0.2, 0.25) is 5.91 Å². The zero-order valence-electron chi connectivity index (χ0n) is 11.3. The van der Waals surface area contributed by atoms with Gasteiger partial charge < -0.3 is 4.90 Å². The van der Waals surface area contributed by atoms with Crippen LogP contribution >= 0.6 is 0 Å². The second-order valence-electron chi connectivity index (χ2n) is 6.01. The summed E-state index contributed by atoms with van der Waals surface area (Å²) in [7, 11) is 0. The molecule has 0 aromatic rings. The van der Waals surface area contributed by atoms with E-state index in [9.17, 15) is 4.79 Å². The predicted molar refractivity (Wildman–Crippen MR) is 68.2 cm³/mol. The first kappa shape index (κ1) is 13.5. The first-order valence-corrected chi connectivity index (χ1v) is 6.79. The molecule has 0 saturated heterocycles. The third kappa shape index (κ3) is 4.15. The lowest BCUT2D eigenvalue weighted by atomic mass is 10.0. The molecule has 1 rings (SSSR count). The molecule has 0 N–H and O–H groups in total. The molecular formula is C14H27NO. The first-order valence-electron chi connectivity index (χ1n) is 6.79. The Morgan fingerprint density at radius 2 is 1.50 bits per heavy atom. The number of carbonyl (C=O) groups is 1. The van der Waals surface area contributed by atoms with Gasteiger partial charge in [0.1, 0.15) is 0 Å². The molecule has 1 fully saturated rings. The van der Waals surface area contributed by atoms with Crippen LogP contribution in [0.5, 0.6) is 0 Å². The number of amides is 1. The zero-order chi connectivity index (χ0) is 12.1. The smallest absolute Gasteiger partial charge is 0.225 e. The van der Waals surface area contributed by atoms with Gasteiger partial charge in [-0.2, -0.15) is 0 Å². The molecule has 0 unspecified atom stereocenters. The van der Waals surface area contributed by atoms with Crippen molar-refractivity contribution in [1.29, 1.82) is 0 Å². The van der Waals surface area contributed by atoms with Crippen molar-refractivity contribution in [3.63, 3.8) is 0 Å². The number of hydrogen-bond acceptors (Lipinski definition) is 1. The first-order chi connectivity index (χ1) is 7.50. The molecule has 0 atom stereocenters. The van der Waals surface area contributed by atoms with Gasteiger partial charge in [0.05, 0.1) is 0 Å². The Hall–Kier alpha value is -0.530. The van der Waals surface area contributed by atoms with E-state index in [0.29, 0.717) is 23.7 Å². The van der Waals surface area contributed by atoms with Crippen LogP contribution in [0.3, 0.4) is 0 Å². The molecule has 0 heterocycles. The molecule has 0 spiro atoms. The molecule has 2 heteroatoms. The standard InChI is InChI=1S/C14H27NO/c1-11(2)9-15(10-12(3)4)14(16)13-7-5-6-8-13/h11-13H,5-10H2,1-4H3. The van der Waals surface area contributed by atoms with Crippen LogP contribution in [0.4, 0.5) is 0 Å². The average Bonchev–Trinajstić information content (AvgIpc) is 2.66. The Morgan fingerprint density at radius 3 is 1.88 bits per heavy atom. The normalized spacial score (nSPS) is 17.4. The van der Waals surface area contributed by atoms with Crippen LogP contribution in [0, 0.1) is 17.8 Å². The molecule has 0 aromatic carbocycles. The van der Waals surface area contributed by atoms with Gasteiger partial charge >= 0.3 is 0 Å². The minimum absolute atomic E-state index is 0.331. The molecule has 16 heavy (non-hydrogen) atoms. The summed E-state index contributed by atoms with van der Waals surface area (Å²) in [6, 6.07) is 0. The Balaban J connectivity index is 2.55. The molecule has 0 aliphatic heterocycles. The van der Waals surface area contributed by atoms with Crippen molar-refractivity contribution in [3.05, 3.63) is 0 Å². The molecule has 94 valence electrons. The second-order valence-corrected chi connectivity index (χ2v) is 6.01. The van der Waals surface area contributed by atoms with Crippen LogP contribution in [-0.4, -0.2) is 23.9 Å². The summed E-state index contributed by atoms with van der Waals surface area (Å²) < 4.78 is 0. The van der Waals surface area contributed by atoms with Crippen LogP contribution in [0.1, 0.15) is 53.4 Å². The lowest BCUT2D eigenvalue weighted by Gasteiger charge is -2.28. The summed E-state index contributed by atoms with van der Waals surface area (Å²) in [4.78, 5) is 14.4. The lowest BCUT2D eigenvalue weighted by Crippen LogP contribution is -2.40. The van der Waals surface area contributed by atoms with Crippen LogP contribution in [0.15, 0.2) is 0 Å². The van der Waals surface area contributed by atoms with E-state index in [-0.39, 0.29) is 0 Å². The molecule has 0 radical (unpaired) electrons. The zero-order valence-corrected chi connectivity index (χ0v) is 11.3. The largest absolute Gasteiger partial charge is 0.342 e. The van der Waals surface area contributed by atoms with Gasteiger partial charge in [0.25, 0.3) is 0 Å². The summed E-state index contributed by atoms with van der Waals surface area (Å²) in [6.07, 6.45) is 4.72. The van der Waals surface area contributed by atoms with Crippen molar-refractivity contribution < 1.29 is 4.79 Å². The van der Waals surface area contributed by atoms with E-state index in [1.807, 2.05) is 0 Å². The number of rotatable bonds is 5. The molecule has 0 aromatic heterocycles. The minimum Gasteiger partial charge on any atom is -0.342 e. The van der Waals surface area contributed by atoms with Gasteiger partial charge in [-0.05, 0) is 24.7 Å². The van der Waals surface area contributed by atoms with Crippen molar-refractivity contribution in [3.8, 4) is 0 Å². The lowest BCUT2D eigenvalue weighted by molar-refractivity contribution is -0.136. The maximum atomic E-state index is 12.3. The van der Waals surface area contributed by atoms with E-state index in [0.717, 1.165) is 25.9 Å². The summed E-state index contributed by atoms with van der Waals surface area (Å²) in [5, 5.41) is 0. The van der Waals surface area contributed by atoms with E-state index in [4.69, 9.17) is 0 Å². The number of nitrogens with zero attached hydrogens (tertiary/aromatic N) is 1. The van der Waals surface area contributed by atoms with E-state index in [2.05, 4.69) is 32.6 Å². The Bertz CT molecular complexity index is 207. The van der Waals surface area contributed by atoms with Crippen LogP contribution < -0.4 is 0 Å². The molecule has 1 amide bonds. The van der Waals surface area contributed by atoms with Gasteiger partial charge in [0, 0.05) is 19.0 Å². The van der Waals surface area contributed by atoms with Crippen molar-refractivity contribution in [2.45, 2.75) is 53.4 Å². The van der Waals surface area contributed by atoms with Gasteiger partial charge in [-0.15, -0.1) is 0 Å². The maximum absolute atomic E-state index is 12.3. The summed E-state index contributed by atoms with van der Waals surface area (Å²) in [6.45, 7) is 10.6. The van der Waals surface area contributed by atoms with Crippen LogP contribution in [-0.2, 0) is 4.79 Å². The number of carbonyl (C=O) groups excluding carboxylic acids is 1. The fourth-order valence-electron chi connectivity index (χ4n) is 2.57. The van der Waals surface area contributed by atoms with E-state index < -0.39 is 0 Å². The van der Waals surface area contributed by atoms with Gasteiger partial charge in [0.15, 0.2) is 0 Å². The third-order valence-electron chi connectivity index (χ3n) is 3.19. The van der Waals surface area contributed by atoms with Crippen molar-refractivity contribution >= 4 is 5.91 Å². The monoisotopic (exact) mass is 225 g/mol. The highest BCUT2D eigenvalue weighted by Gasteiger charge is 2.27. The molecule has 1 aliphatic carbocycles. The quantitative estimate of drug-likeness (QED) is 0.703. The van der Waals surface area contributed by atoms with Crippen molar-refractivity contribution in [2.24, 2.45) is 17.8 Å². The molecular weight excluding hydrogens is 198 g/mol. The SMILES string of the molecule is CC(C)CN(CC(C)C)C(=O)C1CCCC1. The van der Waals surface area contributed by atoms with Crippen LogP contribution in [0.25, 0.3) is 0 Å². The predicted octanol–water partition coefficient (Wildman–Crippen LogP) is 3.32. The van der Waals surface area contributed by atoms with Gasteiger partial charge in [-0.1, -0.05) is 40.5 Å². The third-order valence-corrected chi connectivity index (χ3v) is 3.19. The Kier molecular flexibility index (Phi) is 5.30. The second kappa shape index (κ2) is 6.27. The Morgan fingerprint density at radius 1 is 1.06 bits per heavy atom. The highest BCUT2D eigenvalue weighted by atomic mass is 16.2. The highest BCUT2D eigenvalue weighted by molar-refractivity contribution is 5.79. The highest BCUT2D eigenvalue weighted by Crippen LogP contribution is 2.27. The van der Waals surface area contributed by atoms with Crippen molar-refractivity contribution in [2.75, 3.05) is 13.1 Å². The number of hydrogen-bond donors (Lipinski definition) is 0. The topological polar surface area (TPSA) is 20.3 Å². The van der Waals surface area contributed by atoms with E-state index >= 15 is 0 Å². The fourth-order valence-corrected chi connectivity index (χ4v) is 2.57. The minimum atomic E-state index is 0.331.